The van der Waals surface area contributed by atoms with Crippen LogP contribution < -0.4 is 11.4 Å². The molecule has 2 aliphatic rings. The number of nitrogen functional groups attached to an aromatic ring is 1. The van der Waals surface area contributed by atoms with Crippen LogP contribution in [0.15, 0.2) is 41.4 Å². The topological polar surface area (TPSA) is 326 Å². The van der Waals surface area contributed by atoms with Gasteiger partial charge in [-0.05, 0) is 57.4 Å². The molecule has 1 aromatic heterocycles. The minimum Gasteiger partial charge on any atom is -0.462 e. The number of phosphoric acid groups is 2. The number of anilines is 1. The average molecular weight is 1080 g/mol. The Labute approximate surface area is 431 Å². The number of carbonyl (C=O) groups is 2. The first-order valence-corrected chi connectivity index (χ1v) is 29.6. The maximum atomic E-state index is 13.4. The lowest BCUT2D eigenvalue weighted by Gasteiger charge is -2.41. The summed E-state index contributed by atoms with van der Waals surface area (Å²) in [6, 6.07) is 1.26. The second-order valence-electron chi connectivity index (χ2n) is 19.3. The lowest BCUT2D eigenvalue weighted by Crippen LogP contribution is -2.52. The molecule has 2 fully saturated rings. The highest BCUT2D eigenvalue weighted by Gasteiger charge is 2.45. The molecule has 2 aliphatic heterocycles. The van der Waals surface area contributed by atoms with Gasteiger partial charge in [0.15, 0.2) is 6.10 Å². The van der Waals surface area contributed by atoms with E-state index in [1.165, 1.54) is 50.1 Å². The number of nitrogens with zero attached hydrogens (tertiary/aromatic N) is 2. The maximum Gasteiger partial charge on any atom is 0.481 e. The summed E-state index contributed by atoms with van der Waals surface area (Å²) in [5, 5.41) is 57.6. The number of ether oxygens (including phenoxy) is 3. The SMILES string of the molecule is CCCCCC/C=C\CCCCCCCCCC(=O)O[C@@H]1COC(=O)CCCCCC[C@@H]2[C@H](n3ccc(N)nc3=O)O[C@H](COP(=O)(O)OP(=O)(O)OC1)[C@@H](O)[C@@H](O)[C@@H](/C=C/[C@@H](O)CCCCC)[C@H](O)C[C@@H]2O. The first kappa shape index (κ1) is 64.4. The number of aromatic nitrogens is 2. The van der Waals surface area contributed by atoms with E-state index in [1.54, 1.807) is 0 Å². The first-order valence-electron chi connectivity index (χ1n) is 26.6. The van der Waals surface area contributed by atoms with Crippen molar-refractivity contribution >= 4 is 33.4 Å². The van der Waals surface area contributed by atoms with Gasteiger partial charge >= 0.3 is 33.3 Å². The van der Waals surface area contributed by atoms with E-state index < -0.39 is 120 Å². The standard InChI is InChI=1S/C50H87N3O18P2/c1-3-5-7-8-9-10-11-12-13-14-15-16-17-18-24-28-46(58)69-38-34-66-45(57)27-23-20-19-22-26-40-42(56)33-41(55)39(30-29-37(54)25-21-6-4-2)47(59)48(60)43(36-68-73(64,65)71-72(62,63)67-35-38)70-49(40)53-32-31-44(51)52-50(53)61/h10-11,29-32,37-43,47-49,54-56,59-60H,3-9,12-28,33-36H2,1-2H3,(H,62,63)(H,64,65)(H2,51,52,61)/b11-10-,30-29+/t37-,38+,39-,40-,41+,42-,43+,47-,48+,49+/m0/s1. The highest BCUT2D eigenvalue weighted by Crippen LogP contribution is 2.60. The molecule has 0 aliphatic carbocycles. The Morgan fingerprint density at radius 3 is 2.11 bits per heavy atom. The predicted molar refractivity (Wildman–Crippen MR) is 272 cm³/mol. The second-order valence-corrected chi connectivity index (χ2v) is 22.4. The first-order chi connectivity index (χ1) is 34.9. The maximum absolute atomic E-state index is 13.4. The zero-order chi connectivity index (χ0) is 53.7. The third kappa shape index (κ3) is 26.2. The van der Waals surface area contributed by atoms with Crippen molar-refractivity contribution in [3.05, 3.63) is 47.1 Å². The fraction of sp³-hybridized carbons (Fsp3) is 0.800. The second kappa shape index (κ2) is 35.4. The normalized spacial score (nSPS) is 30.4. The van der Waals surface area contributed by atoms with Gasteiger partial charge in [0.25, 0.3) is 0 Å². The lowest BCUT2D eigenvalue weighted by atomic mass is 9.82. The van der Waals surface area contributed by atoms with E-state index in [1.807, 2.05) is 6.92 Å². The minimum absolute atomic E-state index is 0.00344. The summed E-state index contributed by atoms with van der Waals surface area (Å²) in [5.74, 6) is -4.00. The molecular weight excluding hydrogens is 993 g/mol. The molecule has 73 heavy (non-hydrogen) atoms. The molecule has 0 amide bonds. The molecular formula is C50H87N3O18P2. The van der Waals surface area contributed by atoms with Gasteiger partial charge in [-0.15, -0.1) is 0 Å². The molecule has 2 saturated heterocycles. The Hall–Kier alpha value is -2.88. The van der Waals surface area contributed by atoms with Crippen molar-refractivity contribution < 1.29 is 81.6 Å². The zero-order valence-corrected chi connectivity index (χ0v) is 44.8. The van der Waals surface area contributed by atoms with Crippen LogP contribution in [0.1, 0.15) is 181 Å². The molecule has 3 heterocycles. The number of fused-ring (bicyclic) bond motifs is 3. The highest BCUT2D eigenvalue weighted by molar-refractivity contribution is 7.61. The molecule has 0 saturated carbocycles. The van der Waals surface area contributed by atoms with Gasteiger partial charge in [-0.2, -0.15) is 9.29 Å². The number of carbonyl (C=O) groups excluding carboxylic acids is 2. The molecule has 0 spiro atoms. The van der Waals surface area contributed by atoms with Gasteiger partial charge in [0, 0.05) is 37.3 Å². The molecule has 23 heteroatoms. The van der Waals surface area contributed by atoms with Crippen molar-refractivity contribution in [2.24, 2.45) is 11.8 Å². The number of cyclic esters (lactones) is 1. The Morgan fingerprint density at radius 2 is 1.44 bits per heavy atom. The summed E-state index contributed by atoms with van der Waals surface area (Å²) >= 11 is 0. The van der Waals surface area contributed by atoms with Crippen LogP contribution in [0, 0.1) is 11.8 Å². The number of unbranched alkanes of at least 4 members (excludes halogenated alkanes) is 13. The summed E-state index contributed by atoms with van der Waals surface area (Å²) in [6.45, 7) is 1.52. The number of aliphatic hydroxyl groups excluding tert-OH is 5. The van der Waals surface area contributed by atoms with Crippen LogP contribution in [0.5, 0.6) is 0 Å². The van der Waals surface area contributed by atoms with Gasteiger partial charge in [0.05, 0.1) is 37.6 Å². The van der Waals surface area contributed by atoms with Gasteiger partial charge in [-0.1, -0.05) is 128 Å². The van der Waals surface area contributed by atoms with Crippen LogP contribution in [0.3, 0.4) is 0 Å². The van der Waals surface area contributed by atoms with Gasteiger partial charge in [0.2, 0.25) is 0 Å². The number of nitrogens with two attached hydrogens (primary N) is 1. The highest BCUT2D eigenvalue weighted by atomic mass is 31.3. The fourth-order valence-electron chi connectivity index (χ4n) is 8.85. The molecule has 2 bridgehead atoms. The third-order valence-electron chi connectivity index (χ3n) is 13.1. The van der Waals surface area contributed by atoms with Crippen molar-refractivity contribution in [1.29, 1.82) is 0 Å². The molecule has 21 nitrogen and oxygen atoms in total. The van der Waals surface area contributed by atoms with Crippen LogP contribution in [0.25, 0.3) is 0 Å². The number of phosphoric ester groups is 2. The molecule has 2 unspecified atom stereocenters. The van der Waals surface area contributed by atoms with Crippen LogP contribution in [0.4, 0.5) is 5.82 Å². The molecule has 9 N–H and O–H groups in total. The monoisotopic (exact) mass is 1080 g/mol. The van der Waals surface area contributed by atoms with Crippen molar-refractivity contribution in [3.63, 3.8) is 0 Å². The third-order valence-corrected chi connectivity index (χ3v) is 15.7. The number of hydrogen-bond donors (Lipinski definition) is 8. The molecule has 420 valence electrons. The zero-order valence-electron chi connectivity index (χ0n) is 43.0. The molecule has 0 radical (unpaired) electrons. The number of esters is 2. The Kier molecular flexibility index (Phi) is 31.3. The number of hydrogen-bond acceptors (Lipinski definition) is 18. The van der Waals surface area contributed by atoms with E-state index in [4.69, 9.17) is 29.0 Å². The van der Waals surface area contributed by atoms with E-state index in [0.29, 0.717) is 44.9 Å². The Bertz CT molecular complexity index is 1940. The summed E-state index contributed by atoms with van der Waals surface area (Å²) in [7, 11) is -11.3. The van der Waals surface area contributed by atoms with Crippen LogP contribution >= 0.6 is 15.6 Å². The van der Waals surface area contributed by atoms with Crippen molar-refractivity contribution in [1.82, 2.24) is 9.55 Å². The van der Waals surface area contributed by atoms with Gasteiger partial charge < -0.3 is 55.3 Å². The van der Waals surface area contributed by atoms with Crippen molar-refractivity contribution in [2.45, 2.75) is 223 Å². The number of rotatable bonds is 23. The van der Waals surface area contributed by atoms with E-state index >= 15 is 0 Å². The van der Waals surface area contributed by atoms with Gasteiger partial charge in [-0.3, -0.25) is 23.2 Å². The summed E-state index contributed by atoms with van der Waals surface area (Å²) < 4.78 is 59.2. The predicted octanol–water partition coefficient (Wildman–Crippen LogP) is 7.38. The smallest absolute Gasteiger partial charge is 0.462 e. The van der Waals surface area contributed by atoms with Gasteiger partial charge in [0.1, 0.15) is 30.9 Å². The average Bonchev–Trinajstić information content (AvgIpc) is 3.33. The molecule has 1 aromatic rings. The van der Waals surface area contributed by atoms with Gasteiger partial charge in [-0.25, -0.2) is 13.9 Å². The summed E-state index contributed by atoms with van der Waals surface area (Å²) in [6.07, 6.45) is 13.2. The lowest BCUT2D eigenvalue weighted by molar-refractivity contribution is -0.195. The molecule has 12 atom stereocenters. The van der Waals surface area contributed by atoms with E-state index in [9.17, 15) is 58.8 Å². The summed E-state index contributed by atoms with van der Waals surface area (Å²) in [4.78, 5) is 64.3. The molecule has 3 rings (SSSR count). The minimum atomic E-state index is -5.70. The van der Waals surface area contributed by atoms with Crippen molar-refractivity contribution in [3.8, 4) is 0 Å². The Balaban J connectivity index is 1.79. The van der Waals surface area contributed by atoms with E-state index in [2.05, 4.69) is 28.4 Å². The summed E-state index contributed by atoms with van der Waals surface area (Å²) in [5.41, 5.74) is 4.81. The quantitative estimate of drug-likeness (QED) is 0.0229. The van der Waals surface area contributed by atoms with E-state index in [0.717, 1.165) is 68.8 Å². The molecule has 0 aromatic carbocycles. The number of allylic oxidation sites excluding steroid dienone is 2. The fourth-order valence-corrected chi connectivity index (χ4v) is 11.0. The van der Waals surface area contributed by atoms with Crippen LogP contribution in [-0.4, -0.2) is 119 Å². The van der Waals surface area contributed by atoms with Crippen molar-refractivity contribution in [2.75, 3.05) is 25.6 Å². The van der Waals surface area contributed by atoms with Crippen LogP contribution in [0.2, 0.25) is 0 Å². The Morgan fingerprint density at radius 1 is 0.822 bits per heavy atom. The van der Waals surface area contributed by atoms with Crippen LogP contribution in [-0.2, 0) is 46.3 Å². The number of aliphatic hydroxyl groups is 5. The largest absolute Gasteiger partial charge is 0.481 e. The van der Waals surface area contributed by atoms with E-state index in [-0.39, 0.29) is 25.1 Å².